The molecule has 0 radical (unpaired) electrons. The zero-order chi connectivity index (χ0) is 10.7. The monoisotopic (exact) mass is 186 g/mol. The van der Waals surface area contributed by atoms with E-state index in [2.05, 4.69) is 19.2 Å². The summed E-state index contributed by atoms with van der Waals surface area (Å²) in [6.45, 7) is 10.6. The summed E-state index contributed by atoms with van der Waals surface area (Å²) in [6, 6.07) is 0. The molecule has 0 aliphatic rings. The Hall–Kier alpha value is -0.570. The molecule has 0 aliphatic carbocycles. The number of rotatable bonds is 4. The Morgan fingerprint density at radius 1 is 1.31 bits per heavy atom. The molecule has 0 fully saturated rings. The Labute approximate surface area is 81.4 Å². The fourth-order valence-corrected chi connectivity index (χ4v) is 0.921. The third-order valence-corrected chi connectivity index (χ3v) is 3.04. The maximum Gasteiger partial charge on any atom is 0.188 e. The van der Waals surface area contributed by atoms with E-state index in [1.165, 1.54) is 0 Å². The quantitative estimate of drug-likeness (QED) is 0.521. The summed E-state index contributed by atoms with van der Waals surface area (Å²) in [7, 11) is 1.90. The van der Waals surface area contributed by atoms with Crippen molar-refractivity contribution < 1.29 is 4.74 Å². The smallest absolute Gasteiger partial charge is 0.188 e. The SMILES string of the molecule is CCOC(=N)C(C)(C)C(C)(C)NC. The van der Waals surface area contributed by atoms with Crippen LogP contribution in [-0.2, 0) is 4.74 Å². The fraction of sp³-hybridized carbons (Fsp3) is 0.900. The minimum atomic E-state index is -0.294. The molecule has 0 unspecified atom stereocenters. The molecule has 0 amide bonds. The van der Waals surface area contributed by atoms with Gasteiger partial charge < -0.3 is 10.1 Å². The maximum absolute atomic E-state index is 7.79. The highest BCUT2D eigenvalue weighted by atomic mass is 16.5. The van der Waals surface area contributed by atoms with Gasteiger partial charge in [-0.05, 0) is 41.7 Å². The van der Waals surface area contributed by atoms with E-state index in [1.54, 1.807) is 0 Å². The second-order valence-electron chi connectivity index (χ2n) is 4.26. The van der Waals surface area contributed by atoms with Gasteiger partial charge in [-0.3, -0.25) is 5.41 Å². The van der Waals surface area contributed by atoms with E-state index in [0.717, 1.165) is 0 Å². The number of nitrogens with one attached hydrogen (secondary N) is 2. The molecule has 0 aliphatic heterocycles. The molecule has 3 heteroatoms. The van der Waals surface area contributed by atoms with E-state index in [-0.39, 0.29) is 11.0 Å². The standard InChI is InChI=1S/C10H22N2O/c1-7-13-8(11)9(2,3)10(4,5)12-6/h11-12H,7H2,1-6H3. The summed E-state index contributed by atoms with van der Waals surface area (Å²) in [5.41, 5.74) is -0.434. The van der Waals surface area contributed by atoms with E-state index in [1.807, 2.05) is 27.8 Å². The van der Waals surface area contributed by atoms with Crippen LogP contribution < -0.4 is 5.32 Å². The normalized spacial score (nSPS) is 12.8. The summed E-state index contributed by atoms with van der Waals surface area (Å²) < 4.78 is 5.24. The zero-order valence-corrected chi connectivity index (χ0v) is 9.62. The van der Waals surface area contributed by atoms with Crippen LogP contribution in [0.25, 0.3) is 0 Å². The van der Waals surface area contributed by atoms with Crippen LogP contribution in [0.4, 0.5) is 0 Å². The average molecular weight is 186 g/mol. The summed E-state index contributed by atoms with van der Waals surface area (Å²) in [4.78, 5) is 0. The van der Waals surface area contributed by atoms with E-state index < -0.39 is 0 Å². The van der Waals surface area contributed by atoms with Crippen LogP contribution in [0.2, 0.25) is 0 Å². The van der Waals surface area contributed by atoms with Crippen molar-refractivity contribution in [3.63, 3.8) is 0 Å². The molecule has 78 valence electrons. The van der Waals surface area contributed by atoms with Crippen LogP contribution in [0, 0.1) is 10.8 Å². The van der Waals surface area contributed by atoms with Crippen molar-refractivity contribution in [1.29, 1.82) is 5.41 Å². The molecule has 0 aromatic heterocycles. The topological polar surface area (TPSA) is 45.1 Å². The number of hydrogen-bond donors (Lipinski definition) is 2. The maximum atomic E-state index is 7.79. The van der Waals surface area contributed by atoms with Gasteiger partial charge in [0.1, 0.15) is 0 Å². The summed E-state index contributed by atoms with van der Waals surface area (Å²) in [5.74, 6) is 0.342. The molecule has 0 aromatic carbocycles. The van der Waals surface area contributed by atoms with Crippen LogP contribution in [0.1, 0.15) is 34.6 Å². The van der Waals surface area contributed by atoms with Gasteiger partial charge in [0.2, 0.25) is 0 Å². The highest BCUT2D eigenvalue weighted by Crippen LogP contribution is 2.31. The predicted octanol–water partition coefficient (Wildman–Crippen LogP) is 2.02. The minimum absolute atomic E-state index is 0.140. The minimum Gasteiger partial charge on any atom is -0.481 e. The highest BCUT2D eigenvalue weighted by molar-refractivity contribution is 5.80. The van der Waals surface area contributed by atoms with Crippen molar-refractivity contribution in [1.82, 2.24) is 5.32 Å². The lowest BCUT2D eigenvalue weighted by atomic mass is 9.74. The first-order chi connectivity index (χ1) is 5.79. The van der Waals surface area contributed by atoms with Crippen LogP contribution >= 0.6 is 0 Å². The van der Waals surface area contributed by atoms with Crippen molar-refractivity contribution >= 4 is 5.90 Å². The van der Waals surface area contributed by atoms with Crippen molar-refractivity contribution in [3.8, 4) is 0 Å². The Morgan fingerprint density at radius 2 is 1.77 bits per heavy atom. The Balaban J connectivity index is 4.64. The molecular weight excluding hydrogens is 164 g/mol. The molecule has 0 bridgehead atoms. The summed E-state index contributed by atoms with van der Waals surface area (Å²) in [5, 5.41) is 11.0. The third kappa shape index (κ3) is 2.44. The first-order valence-electron chi connectivity index (χ1n) is 4.70. The van der Waals surface area contributed by atoms with E-state index in [9.17, 15) is 0 Å². The van der Waals surface area contributed by atoms with Gasteiger partial charge in [-0.2, -0.15) is 0 Å². The van der Waals surface area contributed by atoms with E-state index >= 15 is 0 Å². The van der Waals surface area contributed by atoms with Gasteiger partial charge in [0.15, 0.2) is 5.90 Å². The molecular formula is C10H22N2O. The van der Waals surface area contributed by atoms with Crippen molar-refractivity contribution in [2.24, 2.45) is 5.41 Å². The second-order valence-corrected chi connectivity index (χ2v) is 4.26. The lowest BCUT2D eigenvalue weighted by Crippen LogP contribution is -2.54. The Bertz CT molecular complexity index is 185. The molecule has 0 saturated carbocycles. The molecule has 2 N–H and O–H groups in total. The molecule has 0 heterocycles. The first kappa shape index (κ1) is 12.4. The molecule has 3 nitrogen and oxygen atoms in total. The molecule has 0 rings (SSSR count). The Kier molecular flexibility index (Phi) is 3.91. The van der Waals surface area contributed by atoms with Crippen molar-refractivity contribution in [3.05, 3.63) is 0 Å². The van der Waals surface area contributed by atoms with Crippen molar-refractivity contribution in [2.75, 3.05) is 13.7 Å². The van der Waals surface area contributed by atoms with Crippen LogP contribution in [0.5, 0.6) is 0 Å². The fourth-order valence-electron chi connectivity index (χ4n) is 0.921. The first-order valence-corrected chi connectivity index (χ1v) is 4.70. The Morgan fingerprint density at radius 3 is 2.08 bits per heavy atom. The zero-order valence-electron chi connectivity index (χ0n) is 9.62. The van der Waals surface area contributed by atoms with Crippen LogP contribution in [-0.4, -0.2) is 25.1 Å². The average Bonchev–Trinajstić information content (AvgIpc) is 2.04. The third-order valence-electron chi connectivity index (χ3n) is 3.04. The van der Waals surface area contributed by atoms with Crippen molar-refractivity contribution in [2.45, 2.75) is 40.2 Å². The summed E-state index contributed by atoms with van der Waals surface area (Å²) in [6.07, 6.45) is 0. The molecule has 13 heavy (non-hydrogen) atoms. The lowest BCUT2D eigenvalue weighted by Gasteiger charge is -2.40. The number of ether oxygens (including phenoxy) is 1. The summed E-state index contributed by atoms with van der Waals surface area (Å²) >= 11 is 0. The molecule has 0 saturated heterocycles. The van der Waals surface area contributed by atoms with Crippen LogP contribution in [0.15, 0.2) is 0 Å². The van der Waals surface area contributed by atoms with Gasteiger partial charge in [-0.1, -0.05) is 0 Å². The lowest BCUT2D eigenvalue weighted by molar-refractivity contribution is 0.183. The van der Waals surface area contributed by atoms with E-state index in [4.69, 9.17) is 10.1 Å². The molecule has 0 aromatic rings. The second kappa shape index (κ2) is 4.09. The van der Waals surface area contributed by atoms with Gasteiger partial charge in [-0.15, -0.1) is 0 Å². The van der Waals surface area contributed by atoms with Gasteiger partial charge in [0, 0.05) is 5.54 Å². The van der Waals surface area contributed by atoms with Gasteiger partial charge >= 0.3 is 0 Å². The van der Waals surface area contributed by atoms with E-state index in [0.29, 0.717) is 12.5 Å². The molecule has 0 atom stereocenters. The number of hydrogen-bond acceptors (Lipinski definition) is 3. The van der Waals surface area contributed by atoms with Gasteiger partial charge in [0.25, 0.3) is 0 Å². The van der Waals surface area contributed by atoms with Gasteiger partial charge in [-0.25, -0.2) is 0 Å². The molecule has 0 spiro atoms. The largest absolute Gasteiger partial charge is 0.481 e. The highest BCUT2D eigenvalue weighted by Gasteiger charge is 2.40. The van der Waals surface area contributed by atoms with Gasteiger partial charge in [0.05, 0.1) is 12.0 Å². The van der Waals surface area contributed by atoms with Crippen LogP contribution in [0.3, 0.4) is 0 Å². The predicted molar refractivity (Wildman–Crippen MR) is 56.3 cm³/mol.